The molecule has 0 spiro atoms. The van der Waals surface area contributed by atoms with Crippen molar-refractivity contribution in [3.05, 3.63) is 119 Å². The summed E-state index contributed by atoms with van der Waals surface area (Å²) < 4.78 is 57.3. The van der Waals surface area contributed by atoms with Gasteiger partial charge in [0.1, 0.15) is 5.82 Å². The Morgan fingerprint density at radius 2 is 1.27 bits per heavy atom. The lowest BCUT2D eigenvalue weighted by atomic mass is 9.95. The average molecular weight is 503 g/mol. The summed E-state index contributed by atoms with van der Waals surface area (Å²) in [4.78, 5) is 0. The molecule has 0 atom stereocenters. The second-order valence-electron chi connectivity index (χ2n) is 9.36. The van der Waals surface area contributed by atoms with Crippen LogP contribution < -0.4 is 0 Å². The highest BCUT2D eigenvalue weighted by atomic mass is 19.4. The fourth-order valence-corrected chi connectivity index (χ4v) is 4.39. The molecule has 0 aromatic heterocycles. The first-order valence-corrected chi connectivity index (χ1v) is 12.6. The number of unbranched alkanes of at least 4 members (excludes halogenated alkanes) is 2. The maximum absolute atomic E-state index is 15.4. The molecule has 4 rings (SSSR count). The van der Waals surface area contributed by atoms with Crippen LogP contribution in [0.4, 0.5) is 17.6 Å². The molecule has 0 saturated carbocycles. The molecule has 0 aliphatic rings. The highest BCUT2D eigenvalue weighted by molar-refractivity contribution is 5.76. The molecule has 37 heavy (non-hydrogen) atoms. The average Bonchev–Trinajstić information content (AvgIpc) is 2.88. The van der Waals surface area contributed by atoms with Crippen LogP contribution in [0.2, 0.25) is 0 Å². The molecule has 0 heterocycles. The Balaban J connectivity index is 1.60. The Morgan fingerprint density at radius 1 is 0.676 bits per heavy atom. The summed E-state index contributed by atoms with van der Waals surface area (Å²) in [5.74, 6) is -1.26. The molecule has 0 bridgehead atoms. The minimum Gasteiger partial charge on any atom is -0.206 e. The molecular weight excluding hydrogens is 472 g/mol. The van der Waals surface area contributed by atoms with Gasteiger partial charge in [0.2, 0.25) is 0 Å². The van der Waals surface area contributed by atoms with Crippen LogP contribution in [0.15, 0.2) is 84.9 Å². The first-order chi connectivity index (χ1) is 17.8. The van der Waals surface area contributed by atoms with Crippen molar-refractivity contribution in [3.8, 4) is 22.3 Å². The van der Waals surface area contributed by atoms with Gasteiger partial charge in [-0.2, -0.15) is 13.2 Å². The molecular formula is C33H30F4. The topological polar surface area (TPSA) is 0 Å². The molecule has 0 nitrogen and oxygen atoms in total. The monoisotopic (exact) mass is 502 g/mol. The maximum Gasteiger partial charge on any atom is 0.419 e. The summed E-state index contributed by atoms with van der Waals surface area (Å²) in [6, 6.07) is 25.4. The van der Waals surface area contributed by atoms with Gasteiger partial charge in [-0.3, -0.25) is 0 Å². The summed E-state index contributed by atoms with van der Waals surface area (Å²) in [6.45, 7) is 4.15. The molecule has 0 fully saturated rings. The highest BCUT2D eigenvalue weighted by Gasteiger charge is 2.37. The van der Waals surface area contributed by atoms with E-state index in [0.717, 1.165) is 41.5 Å². The Bertz CT molecular complexity index is 1340. The van der Waals surface area contributed by atoms with Crippen LogP contribution in [-0.4, -0.2) is 0 Å². The number of hydrogen-bond acceptors (Lipinski definition) is 0. The van der Waals surface area contributed by atoms with Crippen LogP contribution in [0.25, 0.3) is 34.4 Å². The third-order valence-electron chi connectivity index (χ3n) is 6.54. The maximum atomic E-state index is 15.4. The van der Waals surface area contributed by atoms with Crippen molar-refractivity contribution in [3.63, 3.8) is 0 Å². The van der Waals surface area contributed by atoms with E-state index in [-0.39, 0.29) is 11.1 Å². The van der Waals surface area contributed by atoms with Crippen molar-refractivity contribution in [2.75, 3.05) is 0 Å². The third-order valence-corrected chi connectivity index (χ3v) is 6.54. The lowest BCUT2D eigenvalue weighted by molar-refractivity contribution is -0.140. The Labute approximate surface area is 216 Å². The van der Waals surface area contributed by atoms with Crippen molar-refractivity contribution in [1.82, 2.24) is 0 Å². The third kappa shape index (κ3) is 6.56. The molecule has 4 heteroatoms. The van der Waals surface area contributed by atoms with E-state index in [0.29, 0.717) is 5.56 Å². The van der Waals surface area contributed by atoms with Crippen molar-refractivity contribution in [1.29, 1.82) is 0 Å². The second-order valence-corrected chi connectivity index (χ2v) is 9.36. The van der Waals surface area contributed by atoms with Crippen LogP contribution in [0, 0.1) is 12.7 Å². The van der Waals surface area contributed by atoms with E-state index in [1.807, 2.05) is 55.5 Å². The largest absolute Gasteiger partial charge is 0.419 e. The van der Waals surface area contributed by atoms with E-state index in [1.165, 1.54) is 30.2 Å². The number of alkyl halides is 3. The zero-order valence-corrected chi connectivity index (χ0v) is 21.1. The van der Waals surface area contributed by atoms with Gasteiger partial charge in [-0.15, -0.1) is 0 Å². The molecule has 0 aliphatic heterocycles. The van der Waals surface area contributed by atoms with Gasteiger partial charge in [0.25, 0.3) is 0 Å². The number of halogens is 4. The standard InChI is InChI=1S/C33H30F4/c1-3-4-5-6-24-9-11-25(12-10-24)13-16-29-21-22-30(32(34)31(29)33(35,36)37)28-19-17-27(18-20-28)26-14-7-23(2)8-15-26/h7-22H,3-6H2,1-2H3. The summed E-state index contributed by atoms with van der Waals surface area (Å²) in [5.41, 5.74) is 3.88. The van der Waals surface area contributed by atoms with Crippen LogP contribution in [-0.2, 0) is 12.6 Å². The second kappa shape index (κ2) is 11.6. The molecule has 190 valence electrons. The van der Waals surface area contributed by atoms with Crippen molar-refractivity contribution in [2.45, 2.75) is 45.7 Å². The fourth-order valence-electron chi connectivity index (χ4n) is 4.39. The first-order valence-electron chi connectivity index (χ1n) is 12.6. The Hall–Kier alpha value is -3.66. The van der Waals surface area contributed by atoms with Gasteiger partial charge in [-0.1, -0.05) is 122 Å². The summed E-state index contributed by atoms with van der Waals surface area (Å²) in [5, 5.41) is 0. The van der Waals surface area contributed by atoms with Gasteiger partial charge in [0, 0.05) is 5.56 Å². The summed E-state index contributed by atoms with van der Waals surface area (Å²) in [6.07, 6.45) is 2.51. The number of hydrogen-bond donors (Lipinski definition) is 0. The molecule has 4 aromatic carbocycles. The van der Waals surface area contributed by atoms with E-state index in [9.17, 15) is 13.2 Å². The van der Waals surface area contributed by atoms with Crippen molar-refractivity contribution < 1.29 is 17.6 Å². The van der Waals surface area contributed by atoms with Crippen LogP contribution in [0.1, 0.15) is 54.0 Å². The van der Waals surface area contributed by atoms with E-state index < -0.39 is 17.6 Å². The van der Waals surface area contributed by atoms with Crippen molar-refractivity contribution >= 4 is 12.2 Å². The molecule has 0 radical (unpaired) electrons. The molecule has 0 saturated heterocycles. The zero-order valence-electron chi connectivity index (χ0n) is 21.1. The van der Waals surface area contributed by atoms with E-state index >= 15 is 4.39 Å². The van der Waals surface area contributed by atoms with Crippen molar-refractivity contribution in [2.24, 2.45) is 0 Å². The normalized spacial score (nSPS) is 11.8. The SMILES string of the molecule is CCCCCc1ccc(C=Cc2ccc(-c3ccc(-c4ccc(C)cc4)cc3)c(F)c2C(F)(F)F)cc1. The zero-order chi connectivity index (χ0) is 26.4. The summed E-state index contributed by atoms with van der Waals surface area (Å²) in [7, 11) is 0. The molecule has 4 aromatic rings. The van der Waals surface area contributed by atoms with Gasteiger partial charge >= 0.3 is 6.18 Å². The van der Waals surface area contributed by atoms with Gasteiger partial charge in [0.15, 0.2) is 0 Å². The van der Waals surface area contributed by atoms with Crippen LogP contribution >= 0.6 is 0 Å². The van der Waals surface area contributed by atoms with E-state index in [4.69, 9.17) is 0 Å². The Morgan fingerprint density at radius 3 is 1.86 bits per heavy atom. The molecule has 0 N–H and O–H groups in total. The van der Waals surface area contributed by atoms with Gasteiger partial charge in [0.05, 0.1) is 5.56 Å². The van der Waals surface area contributed by atoms with Gasteiger partial charge < -0.3 is 0 Å². The minimum atomic E-state index is -4.83. The molecule has 0 amide bonds. The van der Waals surface area contributed by atoms with E-state index in [1.54, 1.807) is 30.3 Å². The first kappa shape index (κ1) is 26.4. The minimum absolute atomic E-state index is 0.0728. The van der Waals surface area contributed by atoms with Crippen LogP contribution in [0.3, 0.4) is 0 Å². The van der Waals surface area contributed by atoms with Gasteiger partial charge in [-0.25, -0.2) is 4.39 Å². The smallest absolute Gasteiger partial charge is 0.206 e. The fraction of sp³-hybridized carbons (Fsp3) is 0.212. The van der Waals surface area contributed by atoms with E-state index in [2.05, 4.69) is 6.92 Å². The quantitative estimate of drug-likeness (QED) is 0.128. The highest BCUT2D eigenvalue weighted by Crippen LogP contribution is 2.39. The summed E-state index contributed by atoms with van der Waals surface area (Å²) >= 11 is 0. The number of aryl methyl sites for hydroxylation is 2. The number of rotatable bonds is 8. The molecule has 0 aliphatic carbocycles. The lowest BCUT2D eigenvalue weighted by Crippen LogP contribution is -2.11. The molecule has 0 unspecified atom stereocenters. The predicted molar refractivity (Wildman–Crippen MR) is 146 cm³/mol. The predicted octanol–water partition coefficient (Wildman–Crippen LogP) is 10.4. The lowest BCUT2D eigenvalue weighted by Gasteiger charge is -2.15. The Kier molecular flexibility index (Phi) is 8.27. The number of benzene rings is 4. The van der Waals surface area contributed by atoms with Gasteiger partial charge in [-0.05, 0) is 53.1 Å². The van der Waals surface area contributed by atoms with Crippen LogP contribution in [0.5, 0.6) is 0 Å².